The van der Waals surface area contributed by atoms with Gasteiger partial charge in [0.25, 0.3) is 0 Å². The molecule has 2 rings (SSSR count). The number of aliphatic imine (C=N–C) groups is 1. The molecule has 0 aliphatic rings. The van der Waals surface area contributed by atoms with E-state index in [1.165, 1.54) is 0 Å². The van der Waals surface area contributed by atoms with Gasteiger partial charge in [0.05, 0.1) is 18.8 Å². The van der Waals surface area contributed by atoms with E-state index in [0.717, 1.165) is 11.4 Å². The second kappa shape index (κ2) is 10.3. The van der Waals surface area contributed by atoms with Crippen LogP contribution in [0.1, 0.15) is 23.9 Å². The van der Waals surface area contributed by atoms with Gasteiger partial charge in [0.15, 0.2) is 17.5 Å². The van der Waals surface area contributed by atoms with E-state index in [1.807, 2.05) is 25.1 Å². The third kappa shape index (κ3) is 6.40. The maximum Gasteiger partial charge on any atom is 0.387 e. The summed E-state index contributed by atoms with van der Waals surface area (Å²) in [7, 11) is 1.63. The fraction of sp³-hybridized carbons (Fsp3) is 0.368. The third-order valence-corrected chi connectivity index (χ3v) is 3.62. The van der Waals surface area contributed by atoms with Crippen LogP contribution in [0.3, 0.4) is 0 Å². The fourth-order valence-electron chi connectivity index (χ4n) is 2.46. The van der Waals surface area contributed by atoms with Crippen molar-refractivity contribution in [2.45, 2.75) is 33.5 Å². The number of halogens is 2. The molecule has 0 aliphatic heterocycles. The molecule has 0 spiro atoms. The van der Waals surface area contributed by atoms with Crippen molar-refractivity contribution in [3.63, 3.8) is 0 Å². The molecule has 0 bridgehead atoms. The van der Waals surface area contributed by atoms with Crippen molar-refractivity contribution in [1.29, 1.82) is 0 Å². The number of aryl methyl sites for hydroxylation is 1. The topological polar surface area (TPSA) is 67.8 Å². The second-order valence-electron chi connectivity index (χ2n) is 5.61. The van der Waals surface area contributed by atoms with E-state index in [-0.39, 0.29) is 18.0 Å². The number of guanidine groups is 1. The van der Waals surface area contributed by atoms with Crippen molar-refractivity contribution in [3.05, 3.63) is 53.3 Å². The van der Waals surface area contributed by atoms with Crippen LogP contribution in [-0.4, -0.2) is 31.2 Å². The zero-order valence-corrected chi connectivity index (χ0v) is 15.6. The predicted molar refractivity (Wildman–Crippen MR) is 100 cm³/mol. The van der Waals surface area contributed by atoms with Gasteiger partial charge in [-0.2, -0.15) is 8.78 Å². The number of hydrogen-bond donors (Lipinski definition) is 2. The Labute approximate surface area is 157 Å². The van der Waals surface area contributed by atoms with Gasteiger partial charge in [-0.1, -0.05) is 18.2 Å². The molecule has 0 radical (unpaired) electrons. The molecule has 1 aromatic carbocycles. The van der Waals surface area contributed by atoms with Gasteiger partial charge in [0.2, 0.25) is 0 Å². The van der Waals surface area contributed by atoms with Crippen LogP contribution in [-0.2, 0) is 13.1 Å². The van der Waals surface area contributed by atoms with E-state index in [2.05, 4.69) is 25.3 Å². The van der Waals surface area contributed by atoms with Crippen LogP contribution in [0.5, 0.6) is 11.5 Å². The SMILES string of the molecule is CCOc1cccc(CNC(=NC)NCc2cccc(C)n2)c1OC(F)F. The Bertz CT molecular complexity index is 769. The van der Waals surface area contributed by atoms with E-state index in [9.17, 15) is 8.78 Å². The van der Waals surface area contributed by atoms with Gasteiger partial charge in [0, 0.05) is 24.8 Å². The molecule has 0 saturated carbocycles. The standard InChI is InChI=1S/C19H24F2N4O2/c1-4-26-16-10-6-8-14(17(16)27-18(20)21)11-23-19(22-3)24-12-15-9-5-7-13(2)25-15/h5-10,18H,4,11-12H2,1-3H3,(H2,22,23,24). The highest BCUT2D eigenvalue weighted by Gasteiger charge is 2.16. The van der Waals surface area contributed by atoms with E-state index in [1.54, 1.807) is 32.2 Å². The van der Waals surface area contributed by atoms with Crippen molar-refractivity contribution >= 4 is 5.96 Å². The van der Waals surface area contributed by atoms with Gasteiger partial charge < -0.3 is 20.1 Å². The van der Waals surface area contributed by atoms with Crippen molar-refractivity contribution in [2.75, 3.05) is 13.7 Å². The Hall–Kier alpha value is -2.90. The summed E-state index contributed by atoms with van der Waals surface area (Å²) >= 11 is 0. The zero-order valence-electron chi connectivity index (χ0n) is 15.6. The van der Waals surface area contributed by atoms with Crippen LogP contribution in [0.25, 0.3) is 0 Å². The summed E-state index contributed by atoms with van der Waals surface area (Å²) in [6.07, 6.45) is 0. The molecule has 0 aliphatic carbocycles. The number of aromatic nitrogens is 1. The van der Waals surface area contributed by atoms with Crippen molar-refractivity contribution < 1.29 is 18.3 Å². The Morgan fingerprint density at radius 3 is 2.56 bits per heavy atom. The quantitative estimate of drug-likeness (QED) is 0.545. The first-order valence-corrected chi connectivity index (χ1v) is 8.60. The number of para-hydroxylation sites is 1. The maximum absolute atomic E-state index is 12.8. The van der Waals surface area contributed by atoms with Crippen LogP contribution in [0.2, 0.25) is 0 Å². The Morgan fingerprint density at radius 2 is 1.89 bits per heavy atom. The molecule has 0 atom stereocenters. The third-order valence-electron chi connectivity index (χ3n) is 3.62. The summed E-state index contributed by atoms with van der Waals surface area (Å²) in [5.74, 6) is 0.824. The fourth-order valence-corrected chi connectivity index (χ4v) is 2.46. The van der Waals surface area contributed by atoms with Crippen molar-refractivity contribution in [1.82, 2.24) is 15.6 Å². The number of pyridine rings is 1. The molecule has 1 aromatic heterocycles. The molecule has 27 heavy (non-hydrogen) atoms. The van der Waals surface area contributed by atoms with E-state index >= 15 is 0 Å². The number of rotatable bonds is 8. The molecule has 146 valence electrons. The second-order valence-corrected chi connectivity index (χ2v) is 5.61. The minimum absolute atomic E-state index is 0.0256. The minimum Gasteiger partial charge on any atom is -0.490 e. The first-order chi connectivity index (χ1) is 13.0. The average Bonchev–Trinajstić information content (AvgIpc) is 2.64. The molecule has 8 heteroatoms. The lowest BCUT2D eigenvalue weighted by molar-refractivity contribution is -0.0520. The van der Waals surface area contributed by atoms with Crippen LogP contribution in [0, 0.1) is 6.92 Å². The Balaban J connectivity index is 2.03. The molecular formula is C19H24F2N4O2. The number of hydrogen-bond acceptors (Lipinski definition) is 4. The molecule has 6 nitrogen and oxygen atoms in total. The lowest BCUT2D eigenvalue weighted by atomic mass is 10.2. The van der Waals surface area contributed by atoms with Gasteiger partial charge >= 0.3 is 6.61 Å². The van der Waals surface area contributed by atoms with E-state index < -0.39 is 6.61 Å². The summed E-state index contributed by atoms with van der Waals surface area (Å²) in [4.78, 5) is 8.55. The summed E-state index contributed by atoms with van der Waals surface area (Å²) < 4.78 is 35.6. The average molecular weight is 378 g/mol. The molecule has 2 aromatic rings. The monoisotopic (exact) mass is 378 g/mol. The molecule has 0 amide bonds. The first kappa shape index (κ1) is 20.4. The molecule has 2 N–H and O–H groups in total. The summed E-state index contributed by atoms with van der Waals surface area (Å²) in [5.41, 5.74) is 2.34. The summed E-state index contributed by atoms with van der Waals surface area (Å²) in [6.45, 7) is 1.85. The van der Waals surface area contributed by atoms with Crippen molar-refractivity contribution in [3.8, 4) is 11.5 Å². The smallest absolute Gasteiger partial charge is 0.387 e. The van der Waals surface area contributed by atoms with Gasteiger partial charge in [-0.3, -0.25) is 9.98 Å². The maximum atomic E-state index is 12.8. The highest BCUT2D eigenvalue weighted by molar-refractivity contribution is 5.79. The van der Waals surface area contributed by atoms with Crippen molar-refractivity contribution in [2.24, 2.45) is 4.99 Å². The lowest BCUT2D eigenvalue weighted by Gasteiger charge is -2.17. The van der Waals surface area contributed by atoms with E-state index in [4.69, 9.17) is 4.74 Å². The summed E-state index contributed by atoms with van der Waals surface area (Å²) in [5, 5.41) is 6.22. The van der Waals surface area contributed by atoms with Crippen LogP contribution >= 0.6 is 0 Å². The normalized spacial score (nSPS) is 11.4. The lowest BCUT2D eigenvalue weighted by Crippen LogP contribution is -2.36. The van der Waals surface area contributed by atoms with Gasteiger partial charge in [-0.25, -0.2) is 0 Å². The highest BCUT2D eigenvalue weighted by atomic mass is 19.3. The van der Waals surface area contributed by atoms with Gasteiger partial charge in [-0.05, 0) is 32.0 Å². The largest absolute Gasteiger partial charge is 0.490 e. The predicted octanol–water partition coefficient (Wildman–Crippen LogP) is 3.26. The number of nitrogens with zero attached hydrogens (tertiary/aromatic N) is 2. The first-order valence-electron chi connectivity index (χ1n) is 8.60. The molecule has 1 heterocycles. The zero-order chi connectivity index (χ0) is 19.6. The summed E-state index contributed by atoms with van der Waals surface area (Å²) in [6, 6.07) is 10.8. The molecule has 0 unspecified atom stereocenters. The highest BCUT2D eigenvalue weighted by Crippen LogP contribution is 2.32. The molecule has 0 fully saturated rings. The number of alkyl halides is 2. The van der Waals surface area contributed by atoms with Gasteiger partial charge in [-0.15, -0.1) is 0 Å². The molecule has 0 saturated heterocycles. The van der Waals surface area contributed by atoms with Gasteiger partial charge in [0.1, 0.15) is 0 Å². The number of benzene rings is 1. The van der Waals surface area contributed by atoms with Crippen LogP contribution < -0.4 is 20.1 Å². The van der Waals surface area contributed by atoms with Crippen LogP contribution in [0.15, 0.2) is 41.4 Å². The van der Waals surface area contributed by atoms with E-state index in [0.29, 0.717) is 24.7 Å². The number of ether oxygens (including phenoxy) is 2. The number of nitrogens with one attached hydrogen (secondary N) is 2. The Kier molecular flexibility index (Phi) is 7.79. The molecular weight excluding hydrogens is 354 g/mol. The Morgan fingerprint density at radius 1 is 1.15 bits per heavy atom. The minimum atomic E-state index is -2.94. The van der Waals surface area contributed by atoms with Crippen LogP contribution in [0.4, 0.5) is 8.78 Å².